The number of hydrogen-bond donors (Lipinski definition) is 0. The number of methoxy groups -OCH3 is 1. The Bertz CT molecular complexity index is 1300. The van der Waals surface area contributed by atoms with Crippen LogP contribution in [0.25, 0.3) is 11.3 Å². The summed E-state index contributed by atoms with van der Waals surface area (Å²) in [6, 6.07) is 23.2. The van der Waals surface area contributed by atoms with Crippen molar-refractivity contribution in [2.75, 3.05) is 7.11 Å². The minimum Gasteiger partial charge on any atom is -0.497 e. The summed E-state index contributed by atoms with van der Waals surface area (Å²) in [5.41, 5.74) is 2.49. The lowest BCUT2D eigenvalue weighted by Gasteiger charge is -2.08. The number of carbonyl (C=O) groups excluding carboxylic acids is 1. The molecule has 1 aromatic heterocycles. The van der Waals surface area contributed by atoms with Crippen LogP contribution in [0.4, 0.5) is 5.69 Å². The minimum absolute atomic E-state index is 0.0612. The standard InChI is InChI=1S/C26H19Cl2NO4/c1-31-20-9-7-19(8-10-20)29-15-21-11-13-25(33-21)17-6-12-22(24(28)14-17)26(30)32-16-18-4-2-3-5-23(18)27/h2-15H,16H2,1H3. The fraction of sp³-hybridized carbons (Fsp3) is 0.0769. The third kappa shape index (κ3) is 5.64. The zero-order valence-electron chi connectivity index (χ0n) is 17.6. The SMILES string of the molecule is COc1ccc(N=Cc2ccc(-c3ccc(C(=O)OCc4ccccc4Cl)c(Cl)c3)o2)cc1. The molecule has 0 saturated heterocycles. The van der Waals surface area contributed by atoms with Gasteiger partial charge in [0, 0.05) is 16.1 Å². The van der Waals surface area contributed by atoms with E-state index < -0.39 is 5.97 Å². The minimum atomic E-state index is -0.529. The second kappa shape index (κ2) is 10.4. The predicted molar refractivity (Wildman–Crippen MR) is 130 cm³/mol. The molecule has 1 heterocycles. The van der Waals surface area contributed by atoms with Gasteiger partial charge in [-0.1, -0.05) is 47.5 Å². The second-order valence-corrected chi connectivity index (χ2v) is 7.83. The van der Waals surface area contributed by atoms with Gasteiger partial charge in [-0.05, 0) is 54.6 Å². The Morgan fingerprint density at radius 3 is 2.48 bits per heavy atom. The zero-order valence-corrected chi connectivity index (χ0v) is 19.1. The quantitative estimate of drug-likeness (QED) is 0.205. The van der Waals surface area contributed by atoms with Gasteiger partial charge in [-0.3, -0.25) is 4.99 Å². The molecular formula is C26H19Cl2NO4. The molecule has 166 valence electrons. The highest BCUT2D eigenvalue weighted by Crippen LogP contribution is 2.28. The van der Waals surface area contributed by atoms with Gasteiger partial charge in [0.2, 0.25) is 0 Å². The maximum absolute atomic E-state index is 12.5. The molecule has 33 heavy (non-hydrogen) atoms. The molecule has 0 fully saturated rings. The number of carbonyl (C=O) groups is 1. The predicted octanol–water partition coefficient (Wildman–Crippen LogP) is 7.37. The summed E-state index contributed by atoms with van der Waals surface area (Å²) < 4.78 is 16.3. The van der Waals surface area contributed by atoms with Crippen LogP contribution in [0.2, 0.25) is 10.0 Å². The normalized spacial score (nSPS) is 11.0. The van der Waals surface area contributed by atoms with Crippen LogP contribution in [0, 0.1) is 0 Å². The Kier molecular flexibility index (Phi) is 7.13. The molecule has 0 saturated carbocycles. The van der Waals surface area contributed by atoms with Crippen molar-refractivity contribution < 1.29 is 18.7 Å². The van der Waals surface area contributed by atoms with Crippen LogP contribution < -0.4 is 4.74 Å². The molecule has 0 bridgehead atoms. The summed E-state index contributed by atoms with van der Waals surface area (Å²) in [6.07, 6.45) is 1.63. The van der Waals surface area contributed by atoms with Crippen LogP contribution in [0.1, 0.15) is 21.7 Å². The summed E-state index contributed by atoms with van der Waals surface area (Å²) >= 11 is 12.5. The van der Waals surface area contributed by atoms with E-state index in [1.165, 1.54) is 0 Å². The highest BCUT2D eigenvalue weighted by Gasteiger charge is 2.15. The van der Waals surface area contributed by atoms with Gasteiger partial charge < -0.3 is 13.9 Å². The van der Waals surface area contributed by atoms with Crippen LogP contribution in [-0.2, 0) is 11.3 Å². The van der Waals surface area contributed by atoms with Gasteiger partial charge in [0.1, 0.15) is 23.9 Å². The smallest absolute Gasteiger partial charge is 0.339 e. The molecule has 0 aliphatic rings. The number of esters is 1. The van der Waals surface area contributed by atoms with E-state index in [0.29, 0.717) is 16.5 Å². The maximum atomic E-state index is 12.5. The molecule has 0 aliphatic carbocycles. The van der Waals surface area contributed by atoms with Gasteiger partial charge >= 0.3 is 5.97 Å². The number of ether oxygens (including phenoxy) is 2. The van der Waals surface area contributed by atoms with E-state index >= 15 is 0 Å². The largest absolute Gasteiger partial charge is 0.497 e. The Balaban J connectivity index is 1.43. The van der Waals surface area contributed by atoms with E-state index in [4.69, 9.17) is 37.1 Å². The van der Waals surface area contributed by atoms with Gasteiger partial charge in [0.15, 0.2) is 0 Å². The monoisotopic (exact) mass is 479 g/mol. The van der Waals surface area contributed by atoms with Crippen molar-refractivity contribution in [2.45, 2.75) is 6.61 Å². The maximum Gasteiger partial charge on any atom is 0.339 e. The first-order valence-corrected chi connectivity index (χ1v) is 10.8. The van der Waals surface area contributed by atoms with Crippen LogP contribution in [0.3, 0.4) is 0 Å². The number of rotatable bonds is 7. The van der Waals surface area contributed by atoms with Crippen molar-refractivity contribution >= 4 is 41.1 Å². The summed E-state index contributed by atoms with van der Waals surface area (Å²) in [5, 5.41) is 0.803. The molecule has 0 aliphatic heterocycles. The number of hydrogen-bond acceptors (Lipinski definition) is 5. The van der Waals surface area contributed by atoms with Crippen LogP contribution in [0.5, 0.6) is 5.75 Å². The van der Waals surface area contributed by atoms with Gasteiger partial charge in [-0.25, -0.2) is 4.79 Å². The van der Waals surface area contributed by atoms with Crippen molar-refractivity contribution in [2.24, 2.45) is 4.99 Å². The van der Waals surface area contributed by atoms with Crippen molar-refractivity contribution in [1.29, 1.82) is 0 Å². The lowest BCUT2D eigenvalue weighted by atomic mass is 10.1. The molecule has 4 rings (SSSR count). The van der Waals surface area contributed by atoms with Crippen LogP contribution in [0.15, 0.2) is 88.3 Å². The molecule has 3 aromatic carbocycles. The molecule has 5 nitrogen and oxygen atoms in total. The molecular weight excluding hydrogens is 461 g/mol. The molecule has 0 spiro atoms. The van der Waals surface area contributed by atoms with Crippen molar-refractivity contribution in [3.05, 3.63) is 106 Å². The van der Waals surface area contributed by atoms with Gasteiger partial charge in [-0.2, -0.15) is 0 Å². The van der Waals surface area contributed by atoms with Gasteiger partial charge in [-0.15, -0.1) is 0 Å². The van der Waals surface area contributed by atoms with Crippen molar-refractivity contribution in [3.63, 3.8) is 0 Å². The van der Waals surface area contributed by atoms with Gasteiger partial charge in [0.25, 0.3) is 0 Å². The second-order valence-electron chi connectivity index (χ2n) is 7.02. The number of benzene rings is 3. The van der Waals surface area contributed by atoms with Crippen LogP contribution in [-0.4, -0.2) is 19.3 Å². The fourth-order valence-electron chi connectivity index (χ4n) is 3.05. The van der Waals surface area contributed by atoms with E-state index in [9.17, 15) is 4.79 Å². The van der Waals surface area contributed by atoms with E-state index in [2.05, 4.69) is 4.99 Å². The molecule has 7 heteroatoms. The van der Waals surface area contributed by atoms with Gasteiger partial charge in [0.05, 0.1) is 29.6 Å². The highest BCUT2D eigenvalue weighted by atomic mass is 35.5. The first kappa shape index (κ1) is 22.6. The molecule has 0 unspecified atom stereocenters. The van der Waals surface area contributed by atoms with E-state index in [-0.39, 0.29) is 17.2 Å². The fourth-order valence-corrected chi connectivity index (χ4v) is 3.50. The Morgan fingerprint density at radius 1 is 0.970 bits per heavy atom. The number of aliphatic imine (C=N–C) groups is 1. The number of nitrogens with zero attached hydrogens (tertiary/aromatic N) is 1. The lowest BCUT2D eigenvalue weighted by molar-refractivity contribution is 0.0473. The third-order valence-electron chi connectivity index (χ3n) is 4.83. The topological polar surface area (TPSA) is 61.0 Å². The molecule has 0 radical (unpaired) electrons. The molecule has 0 atom stereocenters. The molecule has 4 aromatic rings. The summed E-state index contributed by atoms with van der Waals surface area (Å²) in [7, 11) is 1.62. The number of furan rings is 1. The Labute approximate surface area is 201 Å². The summed E-state index contributed by atoms with van der Waals surface area (Å²) in [4.78, 5) is 16.9. The van der Waals surface area contributed by atoms with E-state index in [1.807, 2.05) is 48.5 Å². The average Bonchev–Trinajstić information content (AvgIpc) is 3.31. The summed E-state index contributed by atoms with van der Waals surface area (Å²) in [5.74, 6) is 1.42. The van der Waals surface area contributed by atoms with Crippen molar-refractivity contribution in [1.82, 2.24) is 0 Å². The average molecular weight is 480 g/mol. The zero-order chi connectivity index (χ0) is 23.2. The number of halogens is 2. The Hall–Kier alpha value is -3.54. The third-order valence-corrected chi connectivity index (χ3v) is 5.51. The van der Waals surface area contributed by atoms with Crippen molar-refractivity contribution in [3.8, 4) is 17.1 Å². The summed E-state index contributed by atoms with van der Waals surface area (Å²) in [6.45, 7) is 0.0612. The first-order chi connectivity index (χ1) is 16.0. The molecule has 0 amide bonds. The molecule has 0 N–H and O–H groups in total. The van der Waals surface area contributed by atoms with E-state index in [1.54, 1.807) is 43.7 Å². The highest BCUT2D eigenvalue weighted by molar-refractivity contribution is 6.34. The lowest BCUT2D eigenvalue weighted by Crippen LogP contribution is -2.06. The van der Waals surface area contributed by atoms with E-state index in [0.717, 1.165) is 22.6 Å². The first-order valence-electron chi connectivity index (χ1n) is 10.0. The van der Waals surface area contributed by atoms with Crippen LogP contribution >= 0.6 is 23.2 Å². The Morgan fingerprint density at radius 2 is 1.76 bits per heavy atom.